The van der Waals surface area contributed by atoms with E-state index >= 15 is 0 Å². The van der Waals surface area contributed by atoms with E-state index in [-0.39, 0.29) is 0 Å². The molecule has 1 N–H and O–H groups in total. The Bertz CT molecular complexity index is 841. The van der Waals surface area contributed by atoms with Crippen molar-refractivity contribution in [2.75, 3.05) is 19.6 Å². The average Bonchev–Trinajstić information content (AvgIpc) is 3.04. The van der Waals surface area contributed by atoms with Crippen LogP contribution in [0.3, 0.4) is 0 Å². The van der Waals surface area contributed by atoms with E-state index in [9.17, 15) is 0 Å². The van der Waals surface area contributed by atoms with E-state index in [4.69, 9.17) is 9.47 Å². The highest BCUT2D eigenvalue weighted by molar-refractivity contribution is 7.22. The molecule has 1 aromatic heterocycles. The summed E-state index contributed by atoms with van der Waals surface area (Å²) in [6.07, 6.45) is 0.785. The SMILES string of the molecule is CC/C(=N/Nc1nc2ccccc2s1)c1ccc(OC)c(OC)c1. The third-order valence-corrected chi connectivity index (χ3v) is 4.57. The highest BCUT2D eigenvalue weighted by Gasteiger charge is 2.09. The molecule has 24 heavy (non-hydrogen) atoms. The molecule has 0 aliphatic heterocycles. The Kier molecular flexibility index (Phi) is 4.96. The summed E-state index contributed by atoms with van der Waals surface area (Å²) in [4.78, 5) is 4.53. The third kappa shape index (κ3) is 3.33. The molecule has 0 aliphatic rings. The van der Waals surface area contributed by atoms with Crippen LogP contribution in [0.2, 0.25) is 0 Å². The number of anilines is 1. The van der Waals surface area contributed by atoms with Gasteiger partial charge in [-0.15, -0.1) is 0 Å². The maximum Gasteiger partial charge on any atom is 0.204 e. The Morgan fingerprint density at radius 3 is 2.62 bits per heavy atom. The fourth-order valence-corrected chi connectivity index (χ4v) is 3.21. The van der Waals surface area contributed by atoms with Crippen LogP contribution < -0.4 is 14.9 Å². The van der Waals surface area contributed by atoms with Gasteiger partial charge in [-0.3, -0.25) is 5.43 Å². The van der Waals surface area contributed by atoms with Gasteiger partial charge in [0.15, 0.2) is 11.5 Å². The number of aromatic nitrogens is 1. The van der Waals surface area contributed by atoms with Crippen LogP contribution in [-0.2, 0) is 0 Å². The molecule has 0 unspecified atom stereocenters. The van der Waals surface area contributed by atoms with Crippen molar-refractivity contribution in [3.63, 3.8) is 0 Å². The van der Waals surface area contributed by atoms with Crippen molar-refractivity contribution < 1.29 is 9.47 Å². The van der Waals surface area contributed by atoms with Crippen molar-refractivity contribution in [2.24, 2.45) is 5.10 Å². The first-order valence-corrected chi connectivity index (χ1v) is 8.47. The van der Waals surface area contributed by atoms with E-state index in [1.165, 1.54) is 0 Å². The second-order valence-corrected chi connectivity index (χ2v) is 6.11. The number of hydrogen-bond donors (Lipinski definition) is 1. The number of hydrogen-bond acceptors (Lipinski definition) is 6. The van der Waals surface area contributed by atoms with E-state index in [2.05, 4.69) is 28.5 Å². The molecule has 0 saturated heterocycles. The molecule has 6 heteroatoms. The second-order valence-electron chi connectivity index (χ2n) is 5.08. The summed E-state index contributed by atoms with van der Waals surface area (Å²) in [5.41, 5.74) is 5.96. The largest absolute Gasteiger partial charge is 0.493 e. The molecular formula is C18H19N3O2S. The van der Waals surface area contributed by atoms with E-state index in [1.54, 1.807) is 25.6 Å². The first-order valence-electron chi connectivity index (χ1n) is 7.65. The molecule has 1 heterocycles. The Morgan fingerprint density at radius 1 is 1.12 bits per heavy atom. The van der Waals surface area contributed by atoms with Crippen LogP contribution in [0, 0.1) is 0 Å². The summed E-state index contributed by atoms with van der Waals surface area (Å²) in [5.74, 6) is 1.40. The number of ether oxygens (including phenoxy) is 2. The van der Waals surface area contributed by atoms with Crippen molar-refractivity contribution in [3.05, 3.63) is 48.0 Å². The smallest absolute Gasteiger partial charge is 0.204 e. The first-order chi connectivity index (χ1) is 11.7. The van der Waals surface area contributed by atoms with Gasteiger partial charge in [0.05, 0.1) is 30.1 Å². The van der Waals surface area contributed by atoms with Gasteiger partial charge in [0.2, 0.25) is 5.13 Å². The molecule has 124 valence electrons. The third-order valence-electron chi connectivity index (χ3n) is 3.63. The van der Waals surface area contributed by atoms with Crippen molar-refractivity contribution in [1.29, 1.82) is 0 Å². The van der Waals surface area contributed by atoms with Gasteiger partial charge in [-0.25, -0.2) is 4.98 Å². The minimum Gasteiger partial charge on any atom is -0.493 e. The minimum absolute atomic E-state index is 0.691. The summed E-state index contributed by atoms with van der Waals surface area (Å²) in [6.45, 7) is 2.07. The molecule has 0 aliphatic carbocycles. The van der Waals surface area contributed by atoms with E-state index in [0.29, 0.717) is 11.5 Å². The normalized spacial score (nSPS) is 11.5. The lowest BCUT2D eigenvalue weighted by atomic mass is 10.1. The molecule has 0 radical (unpaired) electrons. The molecule has 3 rings (SSSR count). The van der Waals surface area contributed by atoms with Crippen LogP contribution >= 0.6 is 11.3 Å². The molecule has 0 atom stereocenters. The second kappa shape index (κ2) is 7.31. The van der Waals surface area contributed by atoms with Crippen LogP contribution in [0.5, 0.6) is 11.5 Å². The van der Waals surface area contributed by atoms with Gasteiger partial charge in [-0.1, -0.05) is 30.4 Å². The van der Waals surface area contributed by atoms with Crippen molar-refractivity contribution in [1.82, 2.24) is 4.98 Å². The highest BCUT2D eigenvalue weighted by atomic mass is 32.1. The first kappa shape index (κ1) is 16.3. The topological polar surface area (TPSA) is 55.7 Å². The number of benzene rings is 2. The predicted molar refractivity (Wildman–Crippen MR) is 99.6 cm³/mol. The minimum atomic E-state index is 0.691. The maximum atomic E-state index is 5.36. The number of methoxy groups -OCH3 is 2. The summed E-state index contributed by atoms with van der Waals surface area (Å²) in [6, 6.07) is 13.8. The lowest BCUT2D eigenvalue weighted by molar-refractivity contribution is 0.355. The molecular weight excluding hydrogens is 322 g/mol. The molecule has 0 bridgehead atoms. The molecule has 3 aromatic rings. The van der Waals surface area contributed by atoms with E-state index in [1.807, 2.05) is 36.4 Å². The Morgan fingerprint density at radius 2 is 1.92 bits per heavy atom. The fraction of sp³-hybridized carbons (Fsp3) is 0.222. The van der Waals surface area contributed by atoms with Crippen molar-refractivity contribution in [2.45, 2.75) is 13.3 Å². The number of rotatable bonds is 6. The molecule has 5 nitrogen and oxygen atoms in total. The quantitative estimate of drug-likeness (QED) is 0.528. The summed E-state index contributed by atoms with van der Waals surface area (Å²) < 4.78 is 11.8. The van der Waals surface area contributed by atoms with Crippen molar-refractivity contribution in [3.8, 4) is 11.5 Å². The Labute approximate surface area is 144 Å². The van der Waals surface area contributed by atoms with E-state index < -0.39 is 0 Å². The zero-order valence-corrected chi connectivity index (χ0v) is 14.7. The molecule has 0 fully saturated rings. The fourth-order valence-electron chi connectivity index (χ4n) is 2.40. The summed E-state index contributed by atoms with van der Waals surface area (Å²) in [7, 11) is 3.25. The van der Waals surface area contributed by atoms with Crippen LogP contribution in [-0.4, -0.2) is 24.9 Å². The zero-order valence-electron chi connectivity index (χ0n) is 13.9. The van der Waals surface area contributed by atoms with Gasteiger partial charge in [0, 0.05) is 5.56 Å². The van der Waals surface area contributed by atoms with Gasteiger partial charge >= 0.3 is 0 Å². The maximum absolute atomic E-state index is 5.36. The van der Waals surface area contributed by atoms with Crippen LogP contribution in [0.25, 0.3) is 10.2 Å². The number of para-hydroxylation sites is 1. The Hall–Kier alpha value is -2.60. The average molecular weight is 341 g/mol. The molecule has 2 aromatic carbocycles. The van der Waals surface area contributed by atoms with Crippen LogP contribution in [0.4, 0.5) is 5.13 Å². The van der Waals surface area contributed by atoms with Crippen LogP contribution in [0.1, 0.15) is 18.9 Å². The molecule has 0 saturated carbocycles. The van der Waals surface area contributed by atoms with Gasteiger partial charge in [-0.2, -0.15) is 5.10 Å². The van der Waals surface area contributed by atoms with Gasteiger partial charge in [0.1, 0.15) is 0 Å². The number of thiazole rings is 1. The standard InChI is InChI=1S/C18H19N3O2S/c1-4-13(12-9-10-15(22-2)16(11-12)23-3)20-21-18-19-14-7-5-6-8-17(14)24-18/h5-11H,4H2,1-3H3,(H,19,21)/b20-13-. The number of hydrazone groups is 1. The lowest BCUT2D eigenvalue weighted by Crippen LogP contribution is -2.04. The van der Waals surface area contributed by atoms with Crippen molar-refractivity contribution >= 4 is 32.4 Å². The lowest BCUT2D eigenvalue weighted by Gasteiger charge is -2.10. The van der Waals surface area contributed by atoms with Gasteiger partial charge in [0.25, 0.3) is 0 Å². The zero-order chi connectivity index (χ0) is 16.9. The van der Waals surface area contributed by atoms with Gasteiger partial charge < -0.3 is 9.47 Å². The highest BCUT2D eigenvalue weighted by Crippen LogP contribution is 2.29. The number of fused-ring (bicyclic) bond motifs is 1. The van der Waals surface area contributed by atoms with E-state index in [0.717, 1.165) is 33.0 Å². The summed E-state index contributed by atoms with van der Waals surface area (Å²) in [5, 5.41) is 5.31. The number of nitrogens with one attached hydrogen (secondary N) is 1. The molecule has 0 amide bonds. The summed E-state index contributed by atoms with van der Waals surface area (Å²) >= 11 is 1.58. The van der Waals surface area contributed by atoms with Gasteiger partial charge in [-0.05, 0) is 36.8 Å². The Balaban J connectivity index is 1.86. The monoisotopic (exact) mass is 341 g/mol. The van der Waals surface area contributed by atoms with Crippen LogP contribution in [0.15, 0.2) is 47.6 Å². The molecule has 0 spiro atoms. The predicted octanol–water partition coefficient (Wildman–Crippen LogP) is 4.54. The number of nitrogens with zero attached hydrogens (tertiary/aromatic N) is 2.